The van der Waals surface area contributed by atoms with Gasteiger partial charge >= 0.3 is 0 Å². The van der Waals surface area contributed by atoms with Gasteiger partial charge in [0.2, 0.25) is 15.9 Å². The Kier molecular flexibility index (Phi) is 7.37. The largest absolute Gasteiger partial charge is 0.506 e. The lowest BCUT2D eigenvalue weighted by Gasteiger charge is -2.17. The lowest BCUT2D eigenvalue weighted by Crippen LogP contribution is -2.33. The second kappa shape index (κ2) is 10.0. The minimum absolute atomic E-state index is 0.0126. The zero-order valence-electron chi connectivity index (χ0n) is 18.0. The number of hydrogen-bond acceptors (Lipinski definition) is 6. The molecule has 0 unspecified atom stereocenters. The highest BCUT2D eigenvalue weighted by Crippen LogP contribution is 2.29. The van der Waals surface area contributed by atoms with E-state index in [0.29, 0.717) is 24.4 Å². The summed E-state index contributed by atoms with van der Waals surface area (Å²) < 4.78 is 32.3. The average Bonchev–Trinajstić information content (AvgIpc) is 3.29. The van der Waals surface area contributed by atoms with Gasteiger partial charge in [-0.15, -0.1) is 0 Å². The molecule has 9 nitrogen and oxygen atoms in total. The smallest absolute Gasteiger partial charge is 0.251 e. The standard InChI is InChI=1S/C22H27N3O6S/c1-15(2)31-17-7-5-16(6-8-17)22(28)23-14-21(27)24-19-13-18(9-10-20(19)26)32(29,30)25-11-3-4-12-25/h5-10,13,15,26H,3-4,11-12,14H2,1-2H3,(H,23,28)(H,24,27). The summed E-state index contributed by atoms with van der Waals surface area (Å²) in [6, 6.07) is 10.2. The summed E-state index contributed by atoms with van der Waals surface area (Å²) in [6.45, 7) is 4.33. The van der Waals surface area contributed by atoms with Crippen LogP contribution in [0.2, 0.25) is 0 Å². The number of anilines is 1. The van der Waals surface area contributed by atoms with E-state index in [-0.39, 0.29) is 29.0 Å². The molecule has 10 heteroatoms. The van der Waals surface area contributed by atoms with Gasteiger partial charge in [-0.3, -0.25) is 9.59 Å². The van der Waals surface area contributed by atoms with E-state index in [4.69, 9.17) is 4.74 Å². The highest BCUT2D eigenvalue weighted by molar-refractivity contribution is 7.89. The quantitative estimate of drug-likeness (QED) is 0.518. The van der Waals surface area contributed by atoms with Crippen molar-refractivity contribution in [3.05, 3.63) is 48.0 Å². The van der Waals surface area contributed by atoms with Crippen LogP contribution in [-0.2, 0) is 14.8 Å². The van der Waals surface area contributed by atoms with Crippen molar-refractivity contribution in [3.63, 3.8) is 0 Å². The Morgan fingerprint density at radius 1 is 1.09 bits per heavy atom. The van der Waals surface area contributed by atoms with Crippen LogP contribution >= 0.6 is 0 Å². The molecule has 1 fully saturated rings. The number of carbonyl (C=O) groups excluding carboxylic acids is 2. The third-order valence-corrected chi connectivity index (χ3v) is 6.74. The molecule has 0 spiro atoms. The Morgan fingerprint density at radius 3 is 2.38 bits per heavy atom. The number of rotatable bonds is 8. The molecule has 0 aromatic heterocycles. The number of phenolic OH excluding ortho intramolecular Hbond substituents is 1. The van der Waals surface area contributed by atoms with Crippen LogP contribution in [0.5, 0.6) is 11.5 Å². The maximum absolute atomic E-state index is 12.7. The molecule has 1 saturated heterocycles. The zero-order chi connectivity index (χ0) is 23.3. The van der Waals surface area contributed by atoms with Gasteiger partial charge < -0.3 is 20.5 Å². The second-order valence-electron chi connectivity index (χ2n) is 7.71. The number of phenols is 1. The van der Waals surface area contributed by atoms with Crippen molar-refractivity contribution in [1.82, 2.24) is 9.62 Å². The number of carbonyl (C=O) groups is 2. The predicted octanol–water partition coefficient (Wildman–Crippen LogP) is 2.33. The number of aromatic hydroxyl groups is 1. The van der Waals surface area contributed by atoms with Crippen molar-refractivity contribution in [3.8, 4) is 11.5 Å². The highest BCUT2D eigenvalue weighted by Gasteiger charge is 2.28. The lowest BCUT2D eigenvalue weighted by molar-refractivity contribution is -0.115. The first-order valence-electron chi connectivity index (χ1n) is 10.3. The van der Waals surface area contributed by atoms with E-state index < -0.39 is 21.8 Å². The molecule has 1 aliphatic heterocycles. The number of ether oxygens (including phenoxy) is 1. The van der Waals surface area contributed by atoms with Gasteiger partial charge in [0.15, 0.2) is 0 Å². The van der Waals surface area contributed by atoms with Crippen LogP contribution in [-0.4, -0.2) is 55.4 Å². The summed E-state index contributed by atoms with van der Waals surface area (Å²) in [5, 5.41) is 15.0. The first-order valence-corrected chi connectivity index (χ1v) is 11.8. The fraction of sp³-hybridized carbons (Fsp3) is 0.364. The van der Waals surface area contributed by atoms with Crippen LogP contribution < -0.4 is 15.4 Å². The Balaban J connectivity index is 1.60. The van der Waals surface area contributed by atoms with Crippen molar-refractivity contribution in [2.45, 2.75) is 37.7 Å². The Labute approximate surface area is 187 Å². The molecule has 0 radical (unpaired) electrons. The summed E-state index contributed by atoms with van der Waals surface area (Å²) in [4.78, 5) is 24.5. The number of nitrogens with zero attached hydrogens (tertiary/aromatic N) is 1. The molecule has 2 amide bonds. The Morgan fingerprint density at radius 2 is 1.75 bits per heavy atom. The van der Waals surface area contributed by atoms with Gasteiger partial charge in [0.1, 0.15) is 11.5 Å². The Hall–Kier alpha value is -3.11. The fourth-order valence-electron chi connectivity index (χ4n) is 3.27. The maximum Gasteiger partial charge on any atom is 0.251 e. The van der Waals surface area contributed by atoms with E-state index in [1.165, 1.54) is 22.5 Å². The molecule has 1 heterocycles. The summed E-state index contributed by atoms with van der Waals surface area (Å²) >= 11 is 0. The monoisotopic (exact) mass is 461 g/mol. The molecule has 3 N–H and O–H groups in total. The molecule has 2 aromatic carbocycles. The second-order valence-corrected chi connectivity index (χ2v) is 9.65. The zero-order valence-corrected chi connectivity index (χ0v) is 18.8. The first-order chi connectivity index (χ1) is 15.2. The first kappa shape index (κ1) is 23.6. The number of amides is 2. The minimum Gasteiger partial charge on any atom is -0.506 e. The van der Waals surface area contributed by atoms with Crippen molar-refractivity contribution in [1.29, 1.82) is 0 Å². The number of sulfonamides is 1. The van der Waals surface area contributed by atoms with E-state index >= 15 is 0 Å². The predicted molar refractivity (Wildman–Crippen MR) is 119 cm³/mol. The van der Waals surface area contributed by atoms with Crippen molar-refractivity contribution < 1.29 is 27.9 Å². The summed E-state index contributed by atoms with van der Waals surface area (Å²) in [7, 11) is -3.70. The van der Waals surface area contributed by atoms with Crippen molar-refractivity contribution in [2.24, 2.45) is 0 Å². The number of benzene rings is 2. The van der Waals surface area contributed by atoms with Gasteiger partial charge in [0, 0.05) is 18.7 Å². The molecule has 1 aliphatic rings. The van der Waals surface area contributed by atoms with Gasteiger partial charge in [0.05, 0.1) is 23.2 Å². The van der Waals surface area contributed by atoms with E-state index in [2.05, 4.69) is 10.6 Å². The van der Waals surface area contributed by atoms with Crippen LogP contribution in [0, 0.1) is 0 Å². The number of hydrogen-bond donors (Lipinski definition) is 3. The molecule has 0 atom stereocenters. The van der Waals surface area contributed by atoms with E-state index in [9.17, 15) is 23.1 Å². The number of nitrogens with one attached hydrogen (secondary N) is 2. The molecule has 0 saturated carbocycles. The Bertz CT molecular complexity index is 1080. The molecule has 172 valence electrons. The summed E-state index contributed by atoms with van der Waals surface area (Å²) in [6.07, 6.45) is 1.61. The van der Waals surface area contributed by atoms with Crippen LogP contribution in [0.4, 0.5) is 5.69 Å². The van der Waals surface area contributed by atoms with E-state index in [1.807, 2.05) is 13.8 Å². The van der Waals surface area contributed by atoms with Gasteiger partial charge in [-0.05, 0) is 69.2 Å². The van der Waals surface area contributed by atoms with E-state index in [0.717, 1.165) is 12.8 Å². The van der Waals surface area contributed by atoms with Crippen LogP contribution in [0.3, 0.4) is 0 Å². The third-order valence-electron chi connectivity index (χ3n) is 4.84. The van der Waals surface area contributed by atoms with Crippen molar-refractivity contribution in [2.75, 3.05) is 25.0 Å². The molecule has 2 aromatic rings. The molecule has 3 rings (SSSR count). The summed E-state index contributed by atoms with van der Waals surface area (Å²) in [5.74, 6) is -0.700. The van der Waals surface area contributed by atoms with Gasteiger partial charge in [0.25, 0.3) is 5.91 Å². The van der Waals surface area contributed by atoms with E-state index in [1.54, 1.807) is 24.3 Å². The molecular formula is C22H27N3O6S. The molecular weight excluding hydrogens is 434 g/mol. The van der Waals surface area contributed by atoms with Gasteiger partial charge in [-0.25, -0.2) is 8.42 Å². The fourth-order valence-corrected chi connectivity index (χ4v) is 4.81. The maximum atomic E-state index is 12.7. The van der Waals surface area contributed by atoms with Gasteiger partial charge in [-0.1, -0.05) is 0 Å². The molecule has 0 bridgehead atoms. The molecule has 32 heavy (non-hydrogen) atoms. The van der Waals surface area contributed by atoms with Gasteiger partial charge in [-0.2, -0.15) is 4.31 Å². The highest BCUT2D eigenvalue weighted by atomic mass is 32.2. The lowest BCUT2D eigenvalue weighted by atomic mass is 10.2. The van der Waals surface area contributed by atoms with Crippen LogP contribution in [0.25, 0.3) is 0 Å². The van der Waals surface area contributed by atoms with Crippen LogP contribution in [0.15, 0.2) is 47.4 Å². The van der Waals surface area contributed by atoms with Crippen molar-refractivity contribution >= 4 is 27.5 Å². The normalized spacial score (nSPS) is 14.3. The molecule has 0 aliphatic carbocycles. The third kappa shape index (κ3) is 5.77. The topological polar surface area (TPSA) is 125 Å². The summed E-state index contributed by atoms with van der Waals surface area (Å²) in [5.41, 5.74) is 0.315. The minimum atomic E-state index is -3.70. The van der Waals surface area contributed by atoms with Crippen LogP contribution in [0.1, 0.15) is 37.0 Å². The average molecular weight is 462 g/mol. The SMILES string of the molecule is CC(C)Oc1ccc(C(=O)NCC(=O)Nc2cc(S(=O)(=O)N3CCCC3)ccc2O)cc1.